The number of ether oxygens (including phenoxy) is 1. The SMILES string of the molecule is CCOC(=O)c1cc(-c2ccccc2)cnc1-c1ccccc1. The van der Waals surface area contributed by atoms with Crippen LogP contribution in [0.5, 0.6) is 0 Å². The minimum Gasteiger partial charge on any atom is -0.462 e. The fourth-order valence-electron chi connectivity index (χ4n) is 2.44. The van der Waals surface area contributed by atoms with E-state index in [1.807, 2.05) is 66.7 Å². The van der Waals surface area contributed by atoms with Crippen LogP contribution in [0.2, 0.25) is 0 Å². The zero-order valence-corrected chi connectivity index (χ0v) is 12.9. The maximum absolute atomic E-state index is 12.4. The minimum absolute atomic E-state index is 0.336. The number of esters is 1. The fraction of sp³-hybridized carbons (Fsp3) is 0.100. The molecule has 3 nitrogen and oxygen atoms in total. The first-order chi connectivity index (χ1) is 11.3. The van der Waals surface area contributed by atoms with Crippen molar-refractivity contribution in [3.8, 4) is 22.4 Å². The molecule has 3 aromatic rings. The third kappa shape index (κ3) is 3.29. The molecule has 0 saturated carbocycles. The van der Waals surface area contributed by atoms with Crippen LogP contribution in [0.4, 0.5) is 0 Å². The second-order valence-corrected chi connectivity index (χ2v) is 5.07. The van der Waals surface area contributed by atoms with E-state index in [1.54, 1.807) is 13.1 Å². The molecule has 1 heterocycles. The van der Waals surface area contributed by atoms with Gasteiger partial charge in [0.05, 0.1) is 17.9 Å². The highest BCUT2D eigenvalue weighted by Crippen LogP contribution is 2.27. The lowest BCUT2D eigenvalue weighted by atomic mass is 10.0. The average Bonchev–Trinajstić information content (AvgIpc) is 2.63. The lowest BCUT2D eigenvalue weighted by molar-refractivity contribution is 0.0527. The van der Waals surface area contributed by atoms with E-state index >= 15 is 0 Å². The van der Waals surface area contributed by atoms with Gasteiger partial charge in [0.25, 0.3) is 0 Å². The Kier molecular flexibility index (Phi) is 4.48. The van der Waals surface area contributed by atoms with E-state index in [4.69, 9.17) is 4.74 Å². The molecule has 0 bridgehead atoms. The predicted octanol–water partition coefficient (Wildman–Crippen LogP) is 4.59. The summed E-state index contributed by atoms with van der Waals surface area (Å²) in [4.78, 5) is 16.9. The van der Waals surface area contributed by atoms with E-state index in [2.05, 4.69) is 4.98 Å². The Morgan fingerprint density at radius 3 is 2.13 bits per heavy atom. The Balaban J connectivity index is 2.12. The zero-order chi connectivity index (χ0) is 16.1. The summed E-state index contributed by atoms with van der Waals surface area (Å²) in [6, 6.07) is 21.4. The molecule has 2 aromatic carbocycles. The summed E-state index contributed by atoms with van der Waals surface area (Å²) in [5.41, 5.74) is 3.94. The van der Waals surface area contributed by atoms with Crippen LogP contribution in [-0.4, -0.2) is 17.6 Å². The van der Waals surface area contributed by atoms with Crippen LogP contribution >= 0.6 is 0 Å². The van der Waals surface area contributed by atoms with Gasteiger partial charge in [0.2, 0.25) is 0 Å². The van der Waals surface area contributed by atoms with Crippen LogP contribution in [0.1, 0.15) is 17.3 Å². The molecule has 3 rings (SSSR count). The summed E-state index contributed by atoms with van der Waals surface area (Å²) in [6.45, 7) is 2.14. The number of hydrogen-bond acceptors (Lipinski definition) is 3. The van der Waals surface area contributed by atoms with Crippen molar-refractivity contribution in [2.45, 2.75) is 6.92 Å². The topological polar surface area (TPSA) is 39.2 Å². The van der Waals surface area contributed by atoms with Gasteiger partial charge in [-0.2, -0.15) is 0 Å². The normalized spacial score (nSPS) is 10.3. The highest BCUT2D eigenvalue weighted by Gasteiger charge is 2.16. The van der Waals surface area contributed by atoms with Crippen molar-refractivity contribution < 1.29 is 9.53 Å². The van der Waals surface area contributed by atoms with Gasteiger partial charge >= 0.3 is 5.97 Å². The average molecular weight is 303 g/mol. The van der Waals surface area contributed by atoms with Crippen molar-refractivity contribution in [2.75, 3.05) is 6.61 Å². The quantitative estimate of drug-likeness (QED) is 0.662. The molecule has 0 aliphatic carbocycles. The summed E-state index contributed by atoms with van der Waals surface area (Å²) in [5, 5.41) is 0. The molecule has 0 atom stereocenters. The first kappa shape index (κ1) is 15.0. The third-order valence-corrected chi connectivity index (χ3v) is 3.54. The summed E-state index contributed by atoms with van der Waals surface area (Å²) < 4.78 is 5.20. The second-order valence-electron chi connectivity index (χ2n) is 5.07. The van der Waals surface area contributed by atoms with E-state index in [1.165, 1.54) is 0 Å². The highest BCUT2D eigenvalue weighted by atomic mass is 16.5. The van der Waals surface area contributed by atoms with E-state index in [0.29, 0.717) is 17.9 Å². The second kappa shape index (κ2) is 6.88. The zero-order valence-electron chi connectivity index (χ0n) is 12.9. The maximum atomic E-state index is 12.4. The van der Waals surface area contributed by atoms with Gasteiger partial charge in [-0.25, -0.2) is 4.79 Å². The predicted molar refractivity (Wildman–Crippen MR) is 91.1 cm³/mol. The minimum atomic E-state index is -0.350. The molecule has 23 heavy (non-hydrogen) atoms. The van der Waals surface area contributed by atoms with E-state index < -0.39 is 0 Å². The number of pyridine rings is 1. The number of rotatable bonds is 4. The van der Waals surface area contributed by atoms with Crippen molar-refractivity contribution in [3.63, 3.8) is 0 Å². The van der Waals surface area contributed by atoms with Gasteiger partial charge < -0.3 is 4.74 Å². The number of benzene rings is 2. The molecule has 0 amide bonds. The van der Waals surface area contributed by atoms with Gasteiger partial charge in [0.1, 0.15) is 0 Å². The first-order valence-electron chi connectivity index (χ1n) is 7.57. The summed E-state index contributed by atoms with van der Waals surface area (Å²) in [5.74, 6) is -0.350. The third-order valence-electron chi connectivity index (χ3n) is 3.54. The lowest BCUT2D eigenvalue weighted by Gasteiger charge is -2.10. The molecule has 0 fully saturated rings. The smallest absolute Gasteiger partial charge is 0.340 e. The number of carbonyl (C=O) groups excluding carboxylic acids is 1. The molecule has 0 saturated heterocycles. The van der Waals surface area contributed by atoms with Gasteiger partial charge in [-0.15, -0.1) is 0 Å². The van der Waals surface area contributed by atoms with E-state index in [-0.39, 0.29) is 5.97 Å². The molecular weight excluding hydrogens is 286 g/mol. The first-order valence-corrected chi connectivity index (χ1v) is 7.57. The highest BCUT2D eigenvalue weighted by molar-refractivity contribution is 5.97. The maximum Gasteiger partial charge on any atom is 0.340 e. The largest absolute Gasteiger partial charge is 0.462 e. The fourth-order valence-corrected chi connectivity index (χ4v) is 2.44. The van der Waals surface area contributed by atoms with Crippen molar-refractivity contribution in [1.82, 2.24) is 4.98 Å². The van der Waals surface area contributed by atoms with Gasteiger partial charge in [-0.3, -0.25) is 4.98 Å². The van der Waals surface area contributed by atoms with Gasteiger partial charge in [-0.05, 0) is 18.6 Å². The molecule has 0 unspecified atom stereocenters. The van der Waals surface area contributed by atoms with Crippen LogP contribution < -0.4 is 0 Å². The van der Waals surface area contributed by atoms with Crippen LogP contribution in [0, 0.1) is 0 Å². The van der Waals surface area contributed by atoms with Gasteiger partial charge in [0, 0.05) is 17.3 Å². The molecule has 0 spiro atoms. The van der Waals surface area contributed by atoms with Crippen molar-refractivity contribution in [2.24, 2.45) is 0 Å². The van der Waals surface area contributed by atoms with Crippen LogP contribution in [0.3, 0.4) is 0 Å². The molecule has 0 aliphatic rings. The number of nitrogens with zero attached hydrogens (tertiary/aromatic N) is 1. The van der Waals surface area contributed by atoms with E-state index in [9.17, 15) is 4.79 Å². The van der Waals surface area contributed by atoms with Crippen molar-refractivity contribution in [3.05, 3.63) is 78.5 Å². The van der Waals surface area contributed by atoms with Crippen molar-refractivity contribution in [1.29, 1.82) is 0 Å². The number of aromatic nitrogens is 1. The van der Waals surface area contributed by atoms with Crippen LogP contribution in [-0.2, 0) is 4.74 Å². The molecule has 1 aromatic heterocycles. The molecule has 114 valence electrons. The monoisotopic (exact) mass is 303 g/mol. The Hall–Kier alpha value is -2.94. The molecule has 0 aliphatic heterocycles. The number of hydrogen-bond donors (Lipinski definition) is 0. The van der Waals surface area contributed by atoms with Crippen molar-refractivity contribution >= 4 is 5.97 Å². The Morgan fingerprint density at radius 1 is 0.913 bits per heavy atom. The van der Waals surface area contributed by atoms with Crippen LogP contribution in [0.25, 0.3) is 22.4 Å². The standard InChI is InChI=1S/C20H17NO2/c1-2-23-20(22)18-13-17(15-9-5-3-6-10-15)14-21-19(18)16-11-7-4-8-12-16/h3-14H,2H2,1H3. The number of carbonyl (C=O) groups is 1. The Morgan fingerprint density at radius 2 is 1.52 bits per heavy atom. The van der Waals surface area contributed by atoms with Crippen LogP contribution in [0.15, 0.2) is 72.9 Å². The Bertz CT molecular complexity index is 798. The van der Waals surface area contributed by atoms with Gasteiger partial charge in [-0.1, -0.05) is 60.7 Å². The Labute approximate surface area is 135 Å². The molecule has 0 radical (unpaired) electrons. The summed E-state index contributed by atoms with van der Waals surface area (Å²) in [6.07, 6.45) is 1.79. The summed E-state index contributed by atoms with van der Waals surface area (Å²) >= 11 is 0. The molecule has 0 N–H and O–H groups in total. The van der Waals surface area contributed by atoms with E-state index in [0.717, 1.165) is 16.7 Å². The lowest BCUT2D eigenvalue weighted by Crippen LogP contribution is -2.08. The van der Waals surface area contributed by atoms with Gasteiger partial charge in [0.15, 0.2) is 0 Å². The molecule has 3 heteroatoms. The molecular formula is C20H17NO2. The summed E-state index contributed by atoms with van der Waals surface area (Å²) in [7, 11) is 0.